The molecule has 0 bridgehead atoms. The molecular formula is C12H9BrN4O. The Morgan fingerprint density at radius 3 is 2.94 bits per heavy atom. The van der Waals surface area contributed by atoms with Crippen LogP contribution >= 0.6 is 15.9 Å². The quantitative estimate of drug-likeness (QED) is 0.925. The van der Waals surface area contributed by atoms with Crippen molar-refractivity contribution in [2.75, 3.05) is 5.32 Å². The van der Waals surface area contributed by atoms with Crippen LogP contribution in [0.2, 0.25) is 0 Å². The van der Waals surface area contributed by atoms with E-state index in [1.165, 1.54) is 6.20 Å². The maximum absolute atomic E-state index is 11.9. The molecule has 1 aromatic heterocycles. The van der Waals surface area contributed by atoms with Crippen LogP contribution in [0.5, 0.6) is 0 Å². The Kier molecular flexibility index (Phi) is 3.44. The van der Waals surface area contributed by atoms with Crippen molar-refractivity contribution in [3.05, 3.63) is 46.2 Å². The molecule has 0 aliphatic rings. The van der Waals surface area contributed by atoms with Crippen LogP contribution in [0.1, 0.15) is 15.9 Å². The van der Waals surface area contributed by atoms with Gasteiger partial charge in [-0.2, -0.15) is 10.4 Å². The van der Waals surface area contributed by atoms with Gasteiger partial charge in [-0.05, 0) is 18.2 Å². The molecule has 5 nitrogen and oxygen atoms in total. The van der Waals surface area contributed by atoms with Crippen LogP contribution in [-0.4, -0.2) is 15.7 Å². The third-order valence-corrected chi connectivity index (χ3v) is 2.81. The van der Waals surface area contributed by atoms with Gasteiger partial charge in [0.05, 0.1) is 23.0 Å². The summed E-state index contributed by atoms with van der Waals surface area (Å²) in [5.74, 6) is -0.294. The van der Waals surface area contributed by atoms with Gasteiger partial charge in [-0.1, -0.05) is 15.9 Å². The van der Waals surface area contributed by atoms with Crippen molar-refractivity contribution >= 4 is 27.5 Å². The Morgan fingerprint density at radius 2 is 2.33 bits per heavy atom. The van der Waals surface area contributed by atoms with Crippen LogP contribution in [0, 0.1) is 11.3 Å². The third-order valence-electron chi connectivity index (χ3n) is 2.32. The number of nitrogens with zero attached hydrogens (tertiary/aromatic N) is 3. The van der Waals surface area contributed by atoms with Crippen molar-refractivity contribution in [2.24, 2.45) is 7.05 Å². The molecule has 1 aromatic carbocycles. The fraction of sp³-hybridized carbons (Fsp3) is 0.0833. The molecule has 1 amide bonds. The van der Waals surface area contributed by atoms with Gasteiger partial charge >= 0.3 is 0 Å². The molecule has 2 rings (SSSR count). The van der Waals surface area contributed by atoms with Crippen LogP contribution in [0.15, 0.2) is 35.1 Å². The number of aromatic nitrogens is 2. The summed E-state index contributed by atoms with van der Waals surface area (Å²) in [6.45, 7) is 0. The SMILES string of the molecule is Cn1cc(C(=O)Nc2cc(Br)ccc2C#N)cn1. The molecule has 0 aliphatic carbocycles. The number of amides is 1. The maximum atomic E-state index is 11.9. The normalized spacial score (nSPS) is 9.83. The van der Waals surface area contributed by atoms with Gasteiger partial charge in [0.15, 0.2) is 0 Å². The highest BCUT2D eigenvalue weighted by Crippen LogP contribution is 2.21. The van der Waals surface area contributed by atoms with E-state index < -0.39 is 0 Å². The minimum absolute atomic E-state index is 0.294. The van der Waals surface area contributed by atoms with Crippen LogP contribution in [0.3, 0.4) is 0 Å². The molecule has 90 valence electrons. The molecule has 2 aromatic rings. The molecule has 6 heteroatoms. The average Bonchev–Trinajstić information content (AvgIpc) is 2.76. The molecule has 0 fully saturated rings. The Morgan fingerprint density at radius 1 is 1.56 bits per heavy atom. The van der Waals surface area contributed by atoms with Crippen LogP contribution < -0.4 is 5.32 Å². The van der Waals surface area contributed by atoms with Gasteiger partial charge in [0.2, 0.25) is 0 Å². The van der Waals surface area contributed by atoms with Crippen LogP contribution in [-0.2, 0) is 7.05 Å². The highest BCUT2D eigenvalue weighted by atomic mass is 79.9. The summed E-state index contributed by atoms with van der Waals surface area (Å²) in [5, 5.41) is 15.6. The predicted octanol–water partition coefficient (Wildman–Crippen LogP) is 2.31. The summed E-state index contributed by atoms with van der Waals surface area (Å²) >= 11 is 3.30. The molecule has 1 N–H and O–H groups in total. The Bertz CT molecular complexity index is 642. The van der Waals surface area contributed by atoms with Crippen molar-refractivity contribution in [1.29, 1.82) is 5.26 Å². The van der Waals surface area contributed by atoms with Gasteiger partial charge in [0.25, 0.3) is 5.91 Å². The second-order valence-corrected chi connectivity index (χ2v) is 4.57. The minimum Gasteiger partial charge on any atom is -0.321 e. The minimum atomic E-state index is -0.294. The standard InChI is InChI=1S/C12H9BrN4O/c1-17-7-9(6-15-17)12(18)16-11-4-10(13)3-2-8(11)5-14/h2-4,6-7H,1H3,(H,16,18). The predicted molar refractivity (Wildman–Crippen MR) is 70.0 cm³/mol. The summed E-state index contributed by atoms with van der Waals surface area (Å²) < 4.78 is 2.34. The molecule has 0 spiro atoms. The Balaban J connectivity index is 2.27. The van der Waals surface area contributed by atoms with Crippen molar-refractivity contribution < 1.29 is 4.79 Å². The smallest absolute Gasteiger partial charge is 0.258 e. The average molecular weight is 305 g/mol. The molecule has 1 heterocycles. The van der Waals surface area contributed by atoms with Crippen molar-refractivity contribution in [1.82, 2.24) is 9.78 Å². The number of carbonyl (C=O) groups excluding carboxylic acids is 1. The Labute approximate surface area is 112 Å². The largest absolute Gasteiger partial charge is 0.321 e. The number of rotatable bonds is 2. The molecule has 18 heavy (non-hydrogen) atoms. The first-order valence-electron chi connectivity index (χ1n) is 5.10. The number of hydrogen-bond donors (Lipinski definition) is 1. The van der Waals surface area contributed by atoms with E-state index in [-0.39, 0.29) is 5.91 Å². The van der Waals surface area contributed by atoms with E-state index in [1.807, 2.05) is 6.07 Å². The number of halogens is 1. The highest BCUT2D eigenvalue weighted by Gasteiger charge is 2.11. The molecule has 0 saturated heterocycles. The van der Waals surface area contributed by atoms with Crippen LogP contribution in [0.4, 0.5) is 5.69 Å². The first-order chi connectivity index (χ1) is 8.60. The summed E-state index contributed by atoms with van der Waals surface area (Å²) in [6.07, 6.45) is 3.08. The fourth-order valence-corrected chi connectivity index (χ4v) is 1.81. The number of aryl methyl sites for hydroxylation is 1. The van der Waals surface area contributed by atoms with Crippen molar-refractivity contribution in [3.8, 4) is 6.07 Å². The van der Waals surface area contributed by atoms with E-state index in [9.17, 15) is 4.79 Å². The Hall–Kier alpha value is -2.13. The summed E-state index contributed by atoms with van der Waals surface area (Å²) in [4.78, 5) is 11.9. The number of anilines is 1. The zero-order valence-corrected chi connectivity index (χ0v) is 11.1. The molecular weight excluding hydrogens is 296 g/mol. The second-order valence-electron chi connectivity index (χ2n) is 3.66. The maximum Gasteiger partial charge on any atom is 0.258 e. The number of benzene rings is 1. The lowest BCUT2D eigenvalue weighted by Crippen LogP contribution is -2.12. The highest BCUT2D eigenvalue weighted by molar-refractivity contribution is 9.10. The molecule has 0 atom stereocenters. The van der Waals surface area contributed by atoms with Gasteiger partial charge in [-0.25, -0.2) is 0 Å². The summed E-state index contributed by atoms with van der Waals surface area (Å²) in [5.41, 5.74) is 1.33. The topological polar surface area (TPSA) is 70.7 Å². The van der Waals surface area contributed by atoms with Gasteiger partial charge < -0.3 is 5.32 Å². The number of hydrogen-bond acceptors (Lipinski definition) is 3. The number of nitriles is 1. The van der Waals surface area contributed by atoms with Gasteiger partial charge in [0, 0.05) is 17.7 Å². The van der Waals surface area contributed by atoms with Gasteiger partial charge in [-0.15, -0.1) is 0 Å². The lowest BCUT2D eigenvalue weighted by atomic mass is 10.2. The first kappa shape index (κ1) is 12.3. The molecule has 0 saturated carbocycles. The van der Waals surface area contributed by atoms with Gasteiger partial charge in [-0.3, -0.25) is 9.48 Å². The number of carbonyl (C=O) groups is 1. The lowest BCUT2D eigenvalue weighted by molar-refractivity contribution is 0.102. The first-order valence-corrected chi connectivity index (χ1v) is 5.89. The van der Waals surface area contributed by atoms with Crippen LogP contribution in [0.25, 0.3) is 0 Å². The molecule has 0 aliphatic heterocycles. The second kappa shape index (κ2) is 5.02. The number of nitrogens with one attached hydrogen (secondary N) is 1. The molecule has 0 radical (unpaired) electrons. The van der Waals surface area contributed by atoms with Crippen molar-refractivity contribution in [3.63, 3.8) is 0 Å². The third kappa shape index (κ3) is 2.57. The van der Waals surface area contributed by atoms with E-state index in [2.05, 4.69) is 26.3 Å². The van der Waals surface area contributed by atoms with E-state index in [0.717, 1.165) is 4.47 Å². The zero-order valence-electron chi connectivity index (χ0n) is 9.51. The molecule has 0 unspecified atom stereocenters. The summed E-state index contributed by atoms with van der Waals surface area (Å²) in [7, 11) is 1.73. The van der Waals surface area contributed by atoms with Crippen molar-refractivity contribution in [2.45, 2.75) is 0 Å². The van der Waals surface area contributed by atoms with E-state index in [1.54, 1.807) is 36.1 Å². The monoisotopic (exact) mass is 304 g/mol. The summed E-state index contributed by atoms with van der Waals surface area (Å²) in [6, 6.07) is 7.11. The zero-order chi connectivity index (χ0) is 13.1. The van der Waals surface area contributed by atoms with E-state index in [0.29, 0.717) is 16.8 Å². The fourth-order valence-electron chi connectivity index (χ4n) is 1.45. The lowest BCUT2D eigenvalue weighted by Gasteiger charge is -2.06. The van der Waals surface area contributed by atoms with E-state index >= 15 is 0 Å². The van der Waals surface area contributed by atoms with Gasteiger partial charge in [0.1, 0.15) is 6.07 Å². The van der Waals surface area contributed by atoms with E-state index in [4.69, 9.17) is 5.26 Å².